The Labute approximate surface area is 106 Å². The van der Waals surface area contributed by atoms with Crippen LogP contribution in [0.15, 0.2) is 23.0 Å². The van der Waals surface area contributed by atoms with Gasteiger partial charge in [-0.25, -0.2) is 0 Å². The minimum Gasteiger partial charge on any atom is -0.277 e. The molecule has 0 aliphatic rings. The summed E-state index contributed by atoms with van der Waals surface area (Å²) in [5, 5.41) is 0.894. The molecule has 0 aliphatic carbocycles. The molecule has 0 fully saturated rings. The fourth-order valence-electron chi connectivity index (χ4n) is 1.65. The van der Waals surface area contributed by atoms with E-state index in [2.05, 4.69) is 17.4 Å². The maximum atomic E-state index is 11.5. The molecule has 0 radical (unpaired) electrons. The topological polar surface area (TPSA) is 32.9 Å². The minimum atomic E-state index is 0. The van der Waals surface area contributed by atoms with Gasteiger partial charge in [0.15, 0.2) is 0 Å². The molecule has 0 unspecified atom stereocenters. The van der Waals surface area contributed by atoms with Crippen LogP contribution < -0.4 is 5.56 Å². The summed E-state index contributed by atoms with van der Waals surface area (Å²) in [5.74, 6) is 0. The van der Waals surface area contributed by atoms with Gasteiger partial charge in [0.2, 0.25) is 0 Å². The summed E-state index contributed by atoms with van der Waals surface area (Å²) in [6.07, 6.45) is 3.32. The Morgan fingerprint density at radius 2 is 2.20 bits per heavy atom. The van der Waals surface area contributed by atoms with Crippen LogP contribution in [-0.2, 0) is 25.9 Å². The minimum absolute atomic E-state index is 0. The molecule has 1 aromatic carbocycles. The smallest absolute Gasteiger partial charge is 0.266 e. The molecule has 0 aliphatic heterocycles. The molecule has 0 amide bonds. The standard InChI is InChI=1S/C11H13NOS.Ru/c1-2-3-5-8-6-4-7-9-10(8)11(13)12-14-9;/h4,6-7H,2-3,5H2,1H3,(H,12,13);. The number of aryl methyl sites for hydroxylation is 1. The maximum absolute atomic E-state index is 11.5. The number of hydrogen-bond acceptors (Lipinski definition) is 2. The van der Waals surface area contributed by atoms with Crippen molar-refractivity contribution in [1.29, 1.82) is 0 Å². The van der Waals surface area contributed by atoms with Gasteiger partial charge < -0.3 is 0 Å². The van der Waals surface area contributed by atoms with Gasteiger partial charge in [-0.05, 0) is 24.5 Å². The molecule has 0 bridgehead atoms. The van der Waals surface area contributed by atoms with E-state index in [0.717, 1.165) is 22.9 Å². The summed E-state index contributed by atoms with van der Waals surface area (Å²) >= 11 is 1.42. The van der Waals surface area contributed by atoms with Crippen molar-refractivity contribution in [1.82, 2.24) is 4.37 Å². The number of aromatic nitrogens is 1. The molecule has 15 heavy (non-hydrogen) atoms. The van der Waals surface area contributed by atoms with E-state index < -0.39 is 0 Å². The molecular formula is C11H13NORuS. The third-order valence-electron chi connectivity index (χ3n) is 2.39. The molecule has 2 nitrogen and oxygen atoms in total. The second-order valence-electron chi connectivity index (χ2n) is 3.43. The summed E-state index contributed by atoms with van der Waals surface area (Å²) < 4.78 is 3.85. The summed E-state index contributed by atoms with van der Waals surface area (Å²) in [6, 6.07) is 6.07. The SMILES string of the molecule is CCCCc1cccc2s[nH]c(=O)c12.[Ru]. The maximum Gasteiger partial charge on any atom is 0.266 e. The monoisotopic (exact) mass is 309 g/mol. The van der Waals surface area contributed by atoms with Gasteiger partial charge in [-0.1, -0.05) is 37.0 Å². The van der Waals surface area contributed by atoms with Gasteiger partial charge in [-0.3, -0.25) is 9.17 Å². The molecule has 2 rings (SSSR count). The van der Waals surface area contributed by atoms with Crippen molar-refractivity contribution >= 4 is 21.6 Å². The van der Waals surface area contributed by atoms with E-state index in [-0.39, 0.29) is 25.0 Å². The van der Waals surface area contributed by atoms with Gasteiger partial charge >= 0.3 is 0 Å². The second-order valence-corrected chi connectivity index (χ2v) is 4.28. The van der Waals surface area contributed by atoms with E-state index in [1.54, 1.807) is 0 Å². The number of benzene rings is 1. The van der Waals surface area contributed by atoms with Crippen molar-refractivity contribution in [3.05, 3.63) is 34.1 Å². The van der Waals surface area contributed by atoms with Crippen LogP contribution in [0.5, 0.6) is 0 Å². The third kappa shape index (κ3) is 2.56. The van der Waals surface area contributed by atoms with Crippen LogP contribution in [0.3, 0.4) is 0 Å². The predicted octanol–water partition coefficient (Wildman–Crippen LogP) is 2.93. The average Bonchev–Trinajstić information content (AvgIpc) is 2.58. The van der Waals surface area contributed by atoms with Gasteiger partial charge in [-0.2, -0.15) is 0 Å². The second kappa shape index (κ2) is 5.57. The zero-order chi connectivity index (χ0) is 9.97. The molecule has 82 valence electrons. The number of rotatable bonds is 3. The van der Waals surface area contributed by atoms with E-state index in [1.807, 2.05) is 12.1 Å². The molecule has 4 heteroatoms. The van der Waals surface area contributed by atoms with Crippen molar-refractivity contribution in [2.24, 2.45) is 0 Å². The summed E-state index contributed by atoms with van der Waals surface area (Å²) in [4.78, 5) is 11.5. The van der Waals surface area contributed by atoms with Crippen LogP contribution in [0.1, 0.15) is 25.3 Å². The van der Waals surface area contributed by atoms with Gasteiger partial charge in [0.05, 0.1) is 10.1 Å². The Hall–Kier alpha value is -0.467. The van der Waals surface area contributed by atoms with E-state index in [0.29, 0.717) is 0 Å². The Morgan fingerprint density at radius 1 is 1.40 bits per heavy atom. The van der Waals surface area contributed by atoms with Crippen LogP contribution in [0.4, 0.5) is 0 Å². The summed E-state index contributed by atoms with van der Waals surface area (Å²) in [6.45, 7) is 2.16. The van der Waals surface area contributed by atoms with E-state index in [9.17, 15) is 4.79 Å². The Balaban J connectivity index is 0.00000112. The Bertz CT molecular complexity index is 489. The van der Waals surface area contributed by atoms with Gasteiger partial charge in [-0.15, -0.1) is 0 Å². The van der Waals surface area contributed by atoms with Crippen molar-refractivity contribution in [2.75, 3.05) is 0 Å². The molecule has 1 heterocycles. The van der Waals surface area contributed by atoms with Crippen molar-refractivity contribution in [2.45, 2.75) is 26.2 Å². The molecule has 0 saturated carbocycles. The van der Waals surface area contributed by atoms with E-state index >= 15 is 0 Å². The van der Waals surface area contributed by atoms with Gasteiger partial charge in [0.1, 0.15) is 0 Å². The molecule has 1 N–H and O–H groups in total. The van der Waals surface area contributed by atoms with Crippen LogP contribution in [0, 0.1) is 0 Å². The largest absolute Gasteiger partial charge is 0.277 e. The van der Waals surface area contributed by atoms with Crippen LogP contribution in [0.25, 0.3) is 10.1 Å². The van der Waals surface area contributed by atoms with E-state index in [1.165, 1.54) is 23.5 Å². The van der Waals surface area contributed by atoms with Crippen molar-refractivity contribution < 1.29 is 19.5 Å². The normalized spacial score (nSPS) is 10.2. The Morgan fingerprint density at radius 3 is 2.93 bits per heavy atom. The zero-order valence-electron chi connectivity index (χ0n) is 8.52. The van der Waals surface area contributed by atoms with Gasteiger partial charge in [0, 0.05) is 19.5 Å². The average molecular weight is 308 g/mol. The number of fused-ring (bicyclic) bond motifs is 1. The fourth-order valence-corrected chi connectivity index (χ4v) is 2.42. The summed E-state index contributed by atoms with van der Waals surface area (Å²) in [7, 11) is 0. The first-order valence-electron chi connectivity index (χ1n) is 4.92. The molecule has 0 atom stereocenters. The molecule has 0 spiro atoms. The number of hydrogen-bond donors (Lipinski definition) is 1. The first kappa shape index (κ1) is 12.6. The third-order valence-corrected chi connectivity index (χ3v) is 3.24. The summed E-state index contributed by atoms with van der Waals surface area (Å²) in [5.41, 5.74) is 1.25. The zero-order valence-corrected chi connectivity index (χ0v) is 11.1. The van der Waals surface area contributed by atoms with Crippen molar-refractivity contribution in [3.8, 4) is 0 Å². The fraction of sp³-hybridized carbons (Fsp3) is 0.364. The first-order valence-corrected chi connectivity index (χ1v) is 5.73. The molecular weight excluding hydrogens is 295 g/mol. The molecule has 2 aromatic rings. The van der Waals surface area contributed by atoms with Crippen LogP contribution >= 0.6 is 11.5 Å². The number of aromatic amines is 1. The number of unbranched alkanes of at least 4 members (excludes halogenated alkanes) is 1. The molecule has 1 aromatic heterocycles. The van der Waals surface area contributed by atoms with Crippen LogP contribution in [-0.4, -0.2) is 4.37 Å². The van der Waals surface area contributed by atoms with E-state index in [4.69, 9.17) is 0 Å². The van der Waals surface area contributed by atoms with Crippen LogP contribution in [0.2, 0.25) is 0 Å². The Kier molecular flexibility index (Phi) is 4.68. The van der Waals surface area contributed by atoms with Gasteiger partial charge in [0.25, 0.3) is 5.56 Å². The number of nitrogens with one attached hydrogen (secondary N) is 1. The first-order chi connectivity index (χ1) is 6.83. The number of H-pyrrole nitrogens is 1. The quantitative estimate of drug-likeness (QED) is 0.869. The van der Waals surface area contributed by atoms with Crippen molar-refractivity contribution in [3.63, 3.8) is 0 Å². The molecule has 0 saturated heterocycles. The predicted molar refractivity (Wildman–Crippen MR) is 61.1 cm³/mol.